The number of nitrogens with zero attached hydrogens (tertiary/aromatic N) is 2. The predicted octanol–water partition coefficient (Wildman–Crippen LogP) is -6.25. The monoisotopic (exact) mass is 512 g/mol. The van der Waals surface area contributed by atoms with E-state index in [0.29, 0.717) is 0 Å². The summed E-state index contributed by atoms with van der Waals surface area (Å²) in [5, 5.41) is 102. The molecule has 12 atom stereocenters. The number of aliphatic hydroxyl groups is 10. The highest BCUT2D eigenvalue weighted by molar-refractivity contribution is 5.00. The van der Waals surface area contributed by atoms with Gasteiger partial charge in [-0.3, -0.25) is 9.80 Å². The lowest BCUT2D eigenvalue weighted by atomic mass is 9.92. The normalized spacial score (nSPS) is 44.9. The highest BCUT2D eigenvalue weighted by Crippen LogP contribution is 2.33. The minimum absolute atomic E-state index is 0.130. The third-order valence-corrected chi connectivity index (χ3v) is 7.20. The number of aliphatic hydroxyl groups excluding tert-OH is 10. The Morgan fingerprint density at radius 1 is 0.686 bits per heavy atom. The van der Waals surface area contributed by atoms with E-state index in [4.69, 9.17) is 9.47 Å². The number of ether oxygens (including phenoxy) is 2. The van der Waals surface area contributed by atoms with Crippen LogP contribution in [0.3, 0.4) is 0 Å². The second-order valence-corrected chi connectivity index (χ2v) is 10.2. The van der Waals surface area contributed by atoms with Crippen molar-refractivity contribution in [3.63, 3.8) is 0 Å². The van der Waals surface area contributed by atoms with Gasteiger partial charge in [0.1, 0.15) is 36.6 Å². The SMILES string of the molecule is CC1(C)O[C@H]([C@H](O)CN2C[C@@H](O)[C@@H](O)[C@H](O)[C@@H]2CO)[C@@H]([C@H](O)CN2C[C@@H](O)[C@@H](O)[C@H](O)[C@@H]2CO)O1. The van der Waals surface area contributed by atoms with E-state index >= 15 is 0 Å². The van der Waals surface area contributed by atoms with Crippen molar-refractivity contribution in [1.82, 2.24) is 9.80 Å². The van der Waals surface area contributed by atoms with Crippen LogP contribution in [0.15, 0.2) is 0 Å². The smallest absolute Gasteiger partial charge is 0.164 e. The van der Waals surface area contributed by atoms with E-state index in [1.54, 1.807) is 13.8 Å². The summed E-state index contributed by atoms with van der Waals surface area (Å²) < 4.78 is 11.7. The van der Waals surface area contributed by atoms with Crippen LogP contribution in [0.25, 0.3) is 0 Å². The molecule has 0 unspecified atom stereocenters. The molecular formula is C21H40N2O12. The summed E-state index contributed by atoms with van der Waals surface area (Å²) in [7, 11) is 0. The molecule has 14 heteroatoms. The molecule has 0 aromatic carbocycles. The summed E-state index contributed by atoms with van der Waals surface area (Å²) in [6.45, 7) is 1.46. The molecule has 3 saturated heterocycles. The van der Waals surface area contributed by atoms with Gasteiger partial charge in [-0.1, -0.05) is 0 Å². The van der Waals surface area contributed by atoms with Crippen LogP contribution in [0.5, 0.6) is 0 Å². The Labute approximate surface area is 203 Å². The fourth-order valence-corrected chi connectivity index (χ4v) is 5.28. The first-order chi connectivity index (χ1) is 16.3. The average molecular weight is 513 g/mol. The molecule has 3 aliphatic heterocycles. The molecule has 35 heavy (non-hydrogen) atoms. The summed E-state index contributed by atoms with van der Waals surface area (Å²) in [6.07, 6.45) is -13.2. The van der Waals surface area contributed by atoms with Crippen LogP contribution in [0, 0.1) is 0 Å². The lowest BCUT2D eigenvalue weighted by Gasteiger charge is -2.45. The van der Waals surface area contributed by atoms with Crippen LogP contribution in [-0.2, 0) is 9.47 Å². The van der Waals surface area contributed by atoms with Crippen LogP contribution in [0.2, 0.25) is 0 Å². The van der Waals surface area contributed by atoms with Gasteiger partial charge in [-0.2, -0.15) is 0 Å². The lowest BCUT2D eigenvalue weighted by molar-refractivity contribution is -0.172. The van der Waals surface area contributed by atoms with Gasteiger partial charge in [-0.05, 0) is 13.8 Å². The maximum Gasteiger partial charge on any atom is 0.164 e. The number of likely N-dealkylation sites (tertiary alicyclic amines) is 2. The Morgan fingerprint density at radius 3 is 1.34 bits per heavy atom. The molecule has 206 valence electrons. The summed E-state index contributed by atoms with van der Waals surface area (Å²) in [5.74, 6) is -1.20. The topological polar surface area (TPSA) is 227 Å². The van der Waals surface area contributed by atoms with Crippen molar-refractivity contribution < 1.29 is 60.5 Å². The Kier molecular flexibility index (Phi) is 9.49. The zero-order valence-corrected chi connectivity index (χ0v) is 19.9. The summed E-state index contributed by atoms with van der Waals surface area (Å²) in [4.78, 5) is 2.84. The number of piperidine rings is 2. The molecule has 3 heterocycles. The van der Waals surface area contributed by atoms with Crippen LogP contribution in [0.4, 0.5) is 0 Å². The van der Waals surface area contributed by atoms with Crippen LogP contribution in [0.1, 0.15) is 13.8 Å². The number of rotatable bonds is 8. The molecule has 0 aromatic rings. The minimum Gasteiger partial charge on any atom is -0.395 e. The van der Waals surface area contributed by atoms with E-state index in [9.17, 15) is 51.1 Å². The van der Waals surface area contributed by atoms with Crippen molar-refractivity contribution in [1.29, 1.82) is 0 Å². The zero-order chi connectivity index (χ0) is 26.2. The molecule has 0 saturated carbocycles. The molecule has 3 fully saturated rings. The highest BCUT2D eigenvalue weighted by Gasteiger charge is 2.51. The first-order valence-electron chi connectivity index (χ1n) is 11.8. The lowest BCUT2D eigenvalue weighted by Crippen LogP contribution is -2.65. The third-order valence-electron chi connectivity index (χ3n) is 7.20. The molecule has 0 spiro atoms. The Bertz CT molecular complexity index is 635. The molecular weight excluding hydrogens is 472 g/mol. The summed E-state index contributed by atoms with van der Waals surface area (Å²) in [5.41, 5.74) is 0. The van der Waals surface area contributed by atoms with Gasteiger partial charge >= 0.3 is 0 Å². The van der Waals surface area contributed by atoms with Crippen molar-refractivity contribution in [2.75, 3.05) is 39.4 Å². The Hall–Kier alpha value is -0.560. The number of β-amino-alcohol motifs (C(OH)–C–C–N with tert-alkyl or cyclic N) is 4. The van der Waals surface area contributed by atoms with E-state index in [2.05, 4.69) is 0 Å². The van der Waals surface area contributed by atoms with Crippen molar-refractivity contribution in [2.45, 2.75) is 92.8 Å². The summed E-state index contributed by atoms with van der Waals surface area (Å²) in [6, 6.07) is -1.90. The Balaban J connectivity index is 1.72. The predicted molar refractivity (Wildman–Crippen MR) is 117 cm³/mol. The third kappa shape index (κ3) is 6.13. The first kappa shape index (κ1) is 29.0. The van der Waals surface area contributed by atoms with Crippen molar-refractivity contribution in [3.8, 4) is 0 Å². The summed E-state index contributed by atoms with van der Waals surface area (Å²) >= 11 is 0. The van der Waals surface area contributed by atoms with E-state index in [1.807, 2.05) is 0 Å². The molecule has 0 radical (unpaired) electrons. The van der Waals surface area contributed by atoms with Gasteiger partial charge in [-0.25, -0.2) is 0 Å². The van der Waals surface area contributed by atoms with Crippen LogP contribution >= 0.6 is 0 Å². The van der Waals surface area contributed by atoms with Gasteiger partial charge in [0.05, 0.1) is 49.7 Å². The molecule has 3 aliphatic rings. The second-order valence-electron chi connectivity index (χ2n) is 10.2. The maximum atomic E-state index is 11.0. The van der Waals surface area contributed by atoms with Gasteiger partial charge in [0, 0.05) is 26.2 Å². The van der Waals surface area contributed by atoms with Crippen molar-refractivity contribution in [3.05, 3.63) is 0 Å². The highest BCUT2D eigenvalue weighted by atomic mass is 16.8. The molecule has 0 aliphatic carbocycles. The fraction of sp³-hybridized carbons (Fsp3) is 1.00. The quantitative estimate of drug-likeness (QED) is 0.146. The maximum absolute atomic E-state index is 11.0. The van der Waals surface area contributed by atoms with E-state index in [-0.39, 0.29) is 26.2 Å². The minimum atomic E-state index is -1.45. The van der Waals surface area contributed by atoms with Gasteiger partial charge in [-0.15, -0.1) is 0 Å². The molecule has 3 rings (SSSR count). The molecule has 0 aromatic heterocycles. The zero-order valence-electron chi connectivity index (χ0n) is 19.9. The molecule has 0 bridgehead atoms. The number of hydrogen-bond acceptors (Lipinski definition) is 14. The average Bonchev–Trinajstić information content (AvgIpc) is 3.12. The van der Waals surface area contributed by atoms with Gasteiger partial charge in [0.2, 0.25) is 0 Å². The fourth-order valence-electron chi connectivity index (χ4n) is 5.28. The molecule has 14 nitrogen and oxygen atoms in total. The van der Waals surface area contributed by atoms with Gasteiger partial charge < -0.3 is 60.5 Å². The molecule has 0 amide bonds. The van der Waals surface area contributed by atoms with Gasteiger partial charge in [0.15, 0.2) is 5.79 Å². The van der Waals surface area contributed by atoms with Crippen molar-refractivity contribution in [2.24, 2.45) is 0 Å². The van der Waals surface area contributed by atoms with Crippen molar-refractivity contribution >= 4 is 0 Å². The molecule has 10 N–H and O–H groups in total. The largest absolute Gasteiger partial charge is 0.395 e. The first-order valence-corrected chi connectivity index (χ1v) is 11.8. The van der Waals surface area contributed by atoms with Gasteiger partial charge in [0.25, 0.3) is 0 Å². The Morgan fingerprint density at radius 2 is 1.03 bits per heavy atom. The second kappa shape index (κ2) is 11.4. The van der Waals surface area contributed by atoms with E-state index < -0.39 is 92.1 Å². The van der Waals surface area contributed by atoms with E-state index in [1.165, 1.54) is 9.80 Å². The standard InChI is InChI=1S/C21H40N2O12/c1-21(2)34-19(13(28)5-22-3-11(26)17(32)15(30)9(22)7-24)20(35-21)14(29)6-23-4-12(27)18(33)16(31)10(23)8-25/h9-20,24-33H,3-8H2,1-2H3/t9-,10-,11+,12+,13+,14+,15+,16+,17+,18+,19+,20+/m0/s1. The van der Waals surface area contributed by atoms with E-state index in [0.717, 1.165) is 0 Å². The number of hydrogen-bond donors (Lipinski definition) is 10. The van der Waals surface area contributed by atoms with Crippen LogP contribution < -0.4 is 0 Å². The van der Waals surface area contributed by atoms with Crippen LogP contribution in [-0.4, -0.2) is 179 Å².